The summed E-state index contributed by atoms with van der Waals surface area (Å²) in [6.07, 6.45) is 3.47. The minimum Gasteiger partial charge on any atom is -0.454 e. The molecule has 8 nitrogen and oxygen atoms in total. The molecule has 0 saturated carbocycles. The first-order chi connectivity index (χ1) is 13.7. The topological polar surface area (TPSA) is 84.0 Å². The highest BCUT2D eigenvalue weighted by Gasteiger charge is 2.41. The van der Waals surface area contributed by atoms with Crippen molar-refractivity contribution in [3.63, 3.8) is 0 Å². The van der Waals surface area contributed by atoms with Crippen LogP contribution in [0.25, 0.3) is 0 Å². The molecule has 3 aliphatic heterocycles. The third-order valence-corrected chi connectivity index (χ3v) is 5.36. The number of amides is 2. The Morgan fingerprint density at radius 1 is 1.25 bits per heavy atom. The van der Waals surface area contributed by atoms with Crippen LogP contribution in [-0.4, -0.2) is 42.7 Å². The number of nitrogens with one attached hydrogen (secondary N) is 1. The highest BCUT2D eigenvalue weighted by Crippen LogP contribution is 2.38. The second-order valence-electron chi connectivity index (χ2n) is 7.09. The van der Waals surface area contributed by atoms with Gasteiger partial charge in [-0.25, -0.2) is 4.98 Å². The summed E-state index contributed by atoms with van der Waals surface area (Å²) in [7, 11) is 0. The van der Waals surface area contributed by atoms with Crippen LogP contribution in [-0.2, 0) is 16.1 Å². The smallest absolute Gasteiger partial charge is 0.250 e. The Kier molecular flexibility index (Phi) is 4.03. The zero-order valence-electron chi connectivity index (χ0n) is 15.3. The fourth-order valence-electron chi connectivity index (χ4n) is 4.01. The third kappa shape index (κ3) is 2.81. The van der Waals surface area contributed by atoms with E-state index in [1.54, 1.807) is 17.2 Å². The number of carbonyl (C=O) groups is 2. The first kappa shape index (κ1) is 16.9. The monoisotopic (exact) mass is 380 g/mol. The average Bonchev–Trinajstić information content (AvgIpc) is 3.38. The number of anilines is 2. The van der Waals surface area contributed by atoms with Crippen molar-refractivity contribution in [3.8, 4) is 11.5 Å². The molecule has 144 valence electrons. The Morgan fingerprint density at radius 2 is 2.14 bits per heavy atom. The molecule has 1 atom stereocenters. The summed E-state index contributed by atoms with van der Waals surface area (Å²) in [4.78, 5) is 33.6. The normalized spacial score (nSPS) is 19.4. The van der Waals surface area contributed by atoms with Crippen LogP contribution in [0.1, 0.15) is 18.4 Å². The van der Waals surface area contributed by atoms with Crippen LogP contribution < -0.4 is 24.6 Å². The predicted octanol–water partition coefficient (Wildman–Crippen LogP) is 1.44. The van der Waals surface area contributed by atoms with Gasteiger partial charge >= 0.3 is 0 Å². The van der Waals surface area contributed by atoms with Gasteiger partial charge in [0.05, 0.1) is 5.69 Å². The number of ether oxygens (including phenoxy) is 2. The van der Waals surface area contributed by atoms with Crippen LogP contribution in [0.3, 0.4) is 0 Å². The summed E-state index contributed by atoms with van der Waals surface area (Å²) < 4.78 is 10.7. The van der Waals surface area contributed by atoms with Crippen LogP contribution in [0.4, 0.5) is 11.5 Å². The second kappa shape index (κ2) is 6.70. The Labute approximate surface area is 162 Å². The van der Waals surface area contributed by atoms with Crippen LogP contribution in [0, 0.1) is 0 Å². The van der Waals surface area contributed by atoms with Crippen molar-refractivity contribution in [2.45, 2.75) is 25.4 Å². The number of benzene rings is 1. The average molecular weight is 380 g/mol. The van der Waals surface area contributed by atoms with E-state index in [1.165, 1.54) is 0 Å². The van der Waals surface area contributed by atoms with E-state index in [-0.39, 0.29) is 31.2 Å². The molecule has 1 aromatic heterocycles. The second-order valence-corrected chi connectivity index (χ2v) is 7.09. The zero-order chi connectivity index (χ0) is 19.1. The van der Waals surface area contributed by atoms with E-state index in [4.69, 9.17) is 9.47 Å². The number of aromatic nitrogens is 1. The lowest BCUT2D eigenvalue weighted by Gasteiger charge is -2.38. The number of pyridine rings is 1. The molecule has 0 aliphatic carbocycles. The number of hydrogen-bond donors (Lipinski definition) is 1. The fraction of sp³-hybridized carbons (Fsp3) is 0.350. The molecule has 28 heavy (non-hydrogen) atoms. The molecule has 2 amide bonds. The van der Waals surface area contributed by atoms with Crippen molar-refractivity contribution < 1.29 is 19.1 Å². The molecule has 0 spiro atoms. The molecular weight excluding hydrogens is 360 g/mol. The van der Waals surface area contributed by atoms with E-state index < -0.39 is 0 Å². The van der Waals surface area contributed by atoms with Crippen molar-refractivity contribution in [1.82, 2.24) is 10.3 Å². The first-order valence-electron chi connectivity index (χ1n) is 9.39. The molecular formula is C20H20N4O4. The van der Waals surface area contributed by atoms with Crippen molar-refractivity contribution in [3.05, 3.63) is 42.1 Å². The van der Waals surface area contributed by atoms with Gasteiger partial charge in [-0.1, -0.05) is 6.07 Å². The summed E-state index contributed by atoms with van der Waals surface area (Å²) in [5.41, 5.74) is 1.61. The van der Waals surface area contributed by atoms with Crippen molar-refractivity contribution in [1.29, 1.82) is 0 Å². The highest BCUT2D eigenvalue weighted by atomic mass is 16.7. The molecule has 4 heterocycles. The first-order valence-corrected chi connectivity index (χ1v) is 9.39. The van der Waals surface area contributed by atoms with Gasteiger partial charge in [-0.2, -0.15) is 0 Å². The Bertz CT molecular complexity index is 948. The molecule has 0 unspecified atom stereocenters. The Balaban J connectivity index is 1.29. The van der Waals surface area contributed by atoms with Gasteiger partial charge in [0.1, 0.15) is 12.6 Å². The molecule has 2 aromatic rings. The summed E-state index contributed by atoms with van der Waals surface area (Å²) >= 11 is 0. The van der Waals surface area contributed by atoms with Crippen LogP contribution in [0.2, 0.25) is 0 Å². The number of fused-ring (bicyclic) bond motifs is 4. The van der Waals surface area contributed by atoms with Crippen LogP contribution >= 0.6 is 0 Å². The lowest BCUT2D eigenvalue weighted by atomic mass is 10.1. The quantitative estimate of drug-likeness (QED) is 0.864. The highest BCUT2D eigenvalue weighted by molar-refractivity contribution is 6.08. The Morgan fingerprint density at radius 3 is 3.07 bits per heavy atom. The SMILES string of the molecule is O=C(CN1C(=O)[C@@H]2CCCN2c2ncccc21)NCc1ccc2c(c1)OCO2. The number of carbonyl (C=O) groups excluding carboxylic acids is 2. The third-order valence-electron chi connectivity index (χ3n) is 5.36. The molecule has 1 saturated heterocycles. The van der Waals surface area contributed by atoms with E-state index in [1.807, 2.05) is 24.3 Å². The molecule has 3 aliphatic rings. The van der Waals surface area contributed by atoms with Gasteiger partial charge in [-0.05, 0) is 42.7 Å². The van der Waals surface area contributed by atoms with Gasteiger partial charge in [0.15, 0.2) is 17.3 Å². The van der Waals surface area contributed by atoms with Crippen LogP contribution in [0.15, 0.2) is 36.5 Å². The lowest BCUT2D eigenvalue weighted by Crippen LogP contribution is -2.53. The maximum Gasteiger partial charge on any atom is 0.250 e. The minimum absolute atomic E-state index is 0.0214. The molecule has 0 radical (unpaired) electrons. The standard InChI is InChI=1S/C20H20N4O4/c25-18(22-10-13-5-6-16-17(9-13)28-12-27-16)11-24-14-3-1-7-21-19(14)23-8-2-4-15(23)20(24)26/h1,3,5-7,9,15H,2,4,8,10-12H2,(H,22,25)/t15-/m0/s1. The molecule has 1 fully saturated rings. The molecule has 5 rings (SSSR count). The maximum atomic E-state index is 13.0. The van der Waals surface area contributed by atoms with Gasteiger partial charge in [0.25, 0.3) is 0 Å². The van der Waals surface area contributed by atoms with Crippen molar-refractivity contribution in [2.24, 2.45) is 0 Å². The van der Waals surface area contributed by atoms with Gasteiger partial charge in [0.2, 0.25) is 18.6 Å². The van der Waals surface area contributed by atoms with Gasteiger partial charge in [0, 0.05) is 19.3 Å². The van der Waals surface area contributed by atoms with Crippen LogP contribution in [0.5, 0.6) is 11.5 Å². The molecule has 8 heteroatoms. The summed E-state index contributed by atoms with van der Waals surface area (Å²) in [6.45, 7) is 1.37. The minimum atomic E-state index is -0.218. The van der Waals surface area contributed by atoms with E-state index in [2.05, 4.69) is 15.2 Å². The number of rotatable bonds is 4. The number of nitrogens with zero attached hydrogens (tertiary/aromatic N) is 3. The van der Waals surface area contributed by atoms with E-state index >= 15 is 0 Å². The molecule has 0 bridgehead atoms. The number of hydrogen-bond acceptors (Lipinski definition) is 6. The van der Waals surface area contributed by atoms with Gasteiger partial charge in [-0.15, -0.1) is 0 Å². The maximum absolute atomic E-state index is 13.0. The van der Waals surface area contributed by atoms with E-state index in [0.717, 1.165) is 30.8 Å². The van der Waals surface area contributed by atoms with Crippen molar-refractivity contribution >= 4 is 23.3 Å². The summed E-state index contributed by atoms with van der Waals surface area (Å²) in [6, 6.07) is 8.98. The largest absolute Gasteiger partial charge is 0.454 e. The van der Waals surface area contributed by atoms with Gasteiger partial charge in [-0.3, -0.25) is 14.5 Å². The summed E-state index contributed by atoms with van der Waals surface area (Å²) in [5.74, 6) is 1.93. The van der Waals surface area contributed by atoms with E-state index in [0.29, 0.717) is 23.7 Å². The lowest BCUT2D eigenvalue weighted by molar-refractivity contribution is -0.124. The van der Waals surface area contributed by atoms with E-state index in [9.17, 15) is 9.59 Å². The zero-order valence-corrected chi connectivity index (χ0v) is 15.3. The Hall–Kier alpha value is -3.29. The fourth-order valence-corrected chi connectivity index (χ4v) is 4.01. The van der Waals surface area contributed by atoms with Crippen molar-refractivity contribution in [2.75, 3.05) is 29.7 Å². The molecule has 1 aromatic carbocycles. The summed E-state index contributed by atoms with van der Waals surface area (Å²) in [5, 5.41) is 2.89. The predicted molar refractivity (Wildman–Crippen MR) is 101 cm³/mol. The molecule has 1 N–H and O–H groups in total. The van der Waals surface area contributed by atoms with Gasteiger partial charge < -0.3 is 19.7 Å².